The highest BCUT2D eigenvalue weighted by Crippen LogP contribution is 2.00. The molecule has 0 aliphatic heterocycles. The molecule has 0 heterocycles. The molecule has 0 aromatic heterocycles. The molecular weight excluding hydrogens is 294 g/mol. The van der Waals surface area contributed by atoms with Crippen LogP contribution in [0.5, 0.6) is 0 Å². The van der Waals surface area contributed by atoms with Crippen molar-refractivity contribution in [2.45, 2.75) is 32.7 Å². The van der Waals surface area contributed by atoms with Crippen LogP contribution < -0.4 is 16.0 Å². The van der Waals surface area contributed by atoms with E-state index in [1.54, 1.807) is 0 Å². The fraction of sp³-hybridized carbons (Fsp3) is 0.769. The van der Waals surface area contributed by atoms with Gasteiger partial charge in [-0.3, -0.25) is 4.79 Å². The van der Waals surface area contributed by atoms with Crippen molar-refractivity contribution in [2.75, 3.05) is 25.1 Å². The predicted molar refractivity (Wildman–Crippen MR) is 83.4 cm³/mol. The molecule has 3 amide bonds. The zero-order valence-electron chi connectivity index (χ0n) is 12.8. The number of hydrogen-bond acceptors (Lipinski definition) is 4. The number of carboxylic acid groups (broad SMARTS) is 1. The van der Waals surface area contributed by atoms with Gasteiger partial charge in [0.15, 0.2) is 0 Å². The van der Waals surface area contributed by atoms with Crippen LogP contribution in [0.1, 0.15) is 26.7 Å². The molecule has 1 unspecified atom stereocenters. The van der Waals surface area contributed by atoms with Crippen LogP contribution in [0.15, 0.2) is 0 Å². The number of carboxylic acids is 1. The molecule has 0 aliphatic rings. The highest BCUT2D eigenvalue weighted by Gasteiger charge is 2.19. The Morgan fingerprint density at radius 2 is 1.86 bits per heavy atom. The number of hydrogen-bond donors (Lipinski definition) is 4. The molecule has 0 rings (SSSR count). The third kappa shape index (κ3) is 10.9. The lowest BCUT2D eigenvalue weighted by Crippen LogP contribution is -2.47. The maximum Gasteiger partial charge on any atom is 0.326 e. The van der Waals surface area contributed by atoms with Gasteiger partial charge in [-0.05, 0) is 24.3 Å². The summed E-state index contributed by atoms with van der Waals surface area (Å²) in [6.07, 6.45) is 2.40. The molecule has 0 aromatic rings. The number of carbonyl (C=O) groups excluding carboxylic acids is 2. The first-order valence-corrected chi connectivity index (χ1v) is 8.29. The van der Waals surface area contributed by atoms with E-state index in [1.807, 2.05) is 20.1 Å². The lowest BCUT2D eigenvalue weighted by molar-refractivity contribution is -0.139. The van der Waals surface area contributed by atoms with Crippen LogP contribution in [0.3, 0.4) is 0 Å². The van der Waals surface area contributed by atoms with Gasteiger partial charge in [0.2, 0.25) is 5.91 Å². The largest absolute Gasteiger partial charge is 0.480 e. The van der Waals surface area contributed by atoms with Crippen molar-refractivity contribution in [3.63, 3.8) is 0 Å². The van der Waals surface area contributed by atoms with Crippen LogP contribution in [0.4, 0.5) is 4.79 Å². The summed E-state index contributed by atoms with van der Waals surface area (Å²) >= 11 is 1.52. The third-order valence-electron chi connectivity index (χ3n) is 2.56. The monoisotopic (exact) mass is 319 g/mol. The fourth-order valence-corrected chi connectivity index (χ4v) is 1.87. The van der Waals surface area contributed by atoms with E-state index in [0.29, 0.717) is 24.6 Å². The van der Waals surface area contributed by atoms with E-state index in [4.69, 9.17) is 5.11 Å². The van der Waals surface area contributed by atoms with Crippen molar-refractivity contribution in [1.29, 1.82) is 0 Å². The van der Waals surface area contributed by atoms with Gasteiger partial charge in [0.1, 0.15) is 6.04 Å². The first-order valence-electron chi connectivity index (χ1n) is 6.89. The van der Waals surface area contributed by atoms with E-state index in [0.717, 1.165) is 0 Å². The van der Waals surface area contributed by atoms with E-state index in [1.165, 1.54) is 11.8 Å². The zero-order valence-corrected chi connectivity index (χ0v) is 13.6. The van der Waals surface area contributed by atoms with Gasteiger partial charge in [0.25, 0.3) is 0 Å². The van der Waals surface area contributed by atoms with Gasteiger partial charge < -0.3 is 21.1 Å². The second-order valence-corrected chi connectivity index (χ2v) is 6.01. The van der Waals surface area contributed by atoms with Crippen LogP contribution in [0.2, 0.25) is 0 Å². The van der Waals surface area contributed by atoms with Gasteiger partial charge in [0, 0.05) is 19.5 Å². The molecule has 0 saturated carbocycles. The minimum absolute atomic E-state index is 0.138. The molecule has 4 N–H and O–H groups in total. The normalized spacial score (nSPS) is 11.8. The van der Waals surface area contributed by atoms with Crippen LogP contribution in [0, 0.1) is 5.92 Å². The SMILES string of the molecule is CSCCC(NC(=O)NCCC(=O)NCC(C)C)C(=O)O. The molecule has 0 fully saturated rings. The molecular formula is C13H25N3O4S. The molecule has 1 atom stereocenters. The third-order valence-corrected chi connectivity index (χ3v) is 3.20. The Bertz CT molecular complexity index is 350. The summed E-state index contributed by atoms with van der Waals surface area (Å²) < 4.78 is 0. The average Bonchev–Trinajstić information content (AvgIpc) is 2.40. The standard InChI is InChI=1S/C13H25N3O4S/c1-9(2)8-15-11(17)4-6-14-13(20)16-10(12(18)19)5-7-21-3/h9-10H,4-8H2,1-3H3,(H,15,17)(H,18,19)(H2,14,16,20). The summed E-state index contributed by atoms with van der Waals surface area (Å²) in [7, 11) is 0. The summed E-state index contributed by atoms with van der Waals surface area (Å²) in [6.45, 7) is 4.75. The summed E-state index contributed by atoms with van der Waals surface area (Å²) in [5.74, 6) is -0.178. The average molecular weight is 319 g/mol. The topological polar surface area (TPSA) is 108 Å². The van der Waals surface area contributed by atoms with Crippen molar-refractivity contribution >= 4 is 29.7 Å². The van der Waals surface area contributed by atoms with E-state index in [-0.39, 0.29) is 18.9 Å². The summed E-state index contributed by atoms with van der Waals surface area (Å²) in [6, 6.07) is -1.48. The highest BCUT2D eigenvalue weighted by molar-refractivity contribution is 7.98. The van der Waals surface area contributed by atoms with Crippen molar-refractivity contribution < 1.29 is 19.5 Å². The van der Waals surface area contributed by atoms with Crippen LogP contribution in [0.25, 0.3) is 0 Å². The first-order chi connectivity index (χ1) is 9.86. The number of rotatable bonds is 10. The van der Waals surface area contributed by atoms with Gasteiger partial charge in [0.05, 0.1) is 0 Å². The van der Waals surface area contributed by atoms with E-state index in [2.05, 4.69) is 16.0 Å². The molecule has 0 spiro atoms. The minimum atomic E-state index is -1.06. The number of carbonyl (C=O) groups is 3. The van der Waals surface area contributed by atoms with E-state index < -0.39 is 18.0 Å². The fourth-order valence-electron chi connectivity index (χ4n) is 1.40. The lowest BCUT2D eigenvalue weighted by Gasteiger charge is -2.14. The Kier molecular flexibility index (Phi) is 10.5. The molecule has 0 radical (unpaired) electrons. The molecule has 7 nitrogen and oxygen atoms in total. The van der Waals surface area contributed by atoms with Gasteiger partial charge in [-0.2, -0.15) is 11.8 Å². The highest BCUT2D eigenvalue weighted by atomic mass is 32.2. The summed E-state index contributed by atoms with van der Waals surface area (Å²) in [4.78, 5) is 33.9. The van der Waals surface area contributed by atoms with Crippen LogP contribution in [-0.4, -0.2) is 54.2 Å². The van der Waals surface area contributed by atoms with Crippen molar-refractivity contribution in [3.8, 4) is 0 Å². The maximum atomic E-state index is 11.5. The number of amides is 3. The Balaban J connectivity index is 3.91. The molecule has 0 aromatic carbocycles. The van der Waals surface area contributed by atoms with Crippen molar-refractivity contribution in [1.82, 2.24) is 16.0 Å². The number of thioether (sulfide) groups is 1. The molecule has 122 valence electrons. The molecule has 8 heteroatoms. The summed E-state index contributed by atoms with van der Waals surface area (Å²) in [5.41, 5.74) is 0. The number of urea groups is 1. The Hall–Kier alpha value is -1.44. The van der Waals surface area contributed by atoms with E-state index in [9.17, 15) is 14.4 Å². The van der Waals surface area contributed by atoms with Gasteiger partial charge >= 0.3 is 12.0 Å². The van der Waals surface area contributed by atoms with Gasteiger partial charge in [-0.1, -0.05) is 13.8 Å². The molecule has 21 heavy (non-hydrogen) atoms. The van der Waals surface area contributed by atoms with Crippen LogP contribution in [-0.2, 0) is 9.59 Å². The maximum absolute atomic E-state index is 11.5. The minimum Gasteiger partial charge on any atom is -0.480 e. The lowest BCUT2D eigenvalue weighted by atomic mass is 10.2. The molecule has 0 aliphatic carbocycles. The van der Waals surface area contributed by atoms with Crippen molar-refractivity contribution in [3.05, 3.63) is 0 Å². The Labute approximate surface area is 129 Å². The Morgan fingerprint density at radius 3 is 2.38 bits per heavy atom. The molecule has 0 bridgehead atoms. The number of nitrogens with one attached hydrogen (secondary N) is 3. The predicted octanol–water partition coefficient (Wildman–Crippen LogP) is 0.654. The first kappa shape index (κ1) is 19.6. The second kappa shape index (κ2) is 11.2. The van der Waals surface area contributed by atoms with Gasteiger partial charge in [-0.25, -0.2) is 9.59 Å². The van der Waals surface area contributed by atoms with Crippen LogP contribution >= 0.6 is 11.8 Å². The Morgan fingerprint density at radius 1 is 1.19 bits per heavy atom. The zero-order chi connectivity index (χ0) is 16.3. The quantitative estimate of drug-likeness (QED) is 0.473. The smallest absolute Gasteiger partial charge is 0.326 e. The van der Waals surface area contributed by atoms with E-state index >= 15 is 0 Å². The second-order valence-electron chi connectivity index (χ2n) is 5.02. The summed E-state index contributed by atoms with van der Waals surface area (Å²) in [5, 5.41) is 16.6. The van der Waals surface area contributed by atoms with Crippen molar-refractivity contribution in [2.24, 2.45) is 5.92 Å². The van der Waals surface area contributed by atoms with Gasteiger partial charge in [-0.15, -0.1) is 0 Å². The molecule has 0 saturated heterocycles. The number of aliphatic carboxylic acids is 1.